The first kappa shape index (κ1) is 20.6. The lowest BCUT2D eigenvalue weighted by Crippen LogP contribution is -2.33. The van der Waals surface area contributed by atoms with Gasteiger partial charge >= 0.3 is 0 Å². The third kappa shape index (κ3) is 6.22. The van der Waals surface area contributed by atoms with E-state index in [9.17, 15) is 4.79 Å². The second kappa shape index (κ2) is 9.83. The Balaban J connectivity index is 2.01. The van der Waals surface area contributed by atoms with Crippen LogP contribution in [0.4, 0.5) is 0 Å². The number of carbonyl (C=O) groups excluding carboxylic acids is 1. The van der Waals surface area contributed by atoms with Crippen LogP contribution in [0.15, 0.2) is 46.9 Å². The fourth-order valence-corrected chi connectivity index (χ4v) is 3.29. The first-order valence-electron chi connectivity index (χ1n) is 8.40. The van der Waals surface area contributed by atoms with E-state index in [4.69, 9.17) is 21.1 Å². The van der Waals surface area contributed by atoms with Gasteiger partial charge in [0.15, 0.2) is 6.61 Å². The fraction of sp³-hybridized carbons (Fsp3) is 0.350. The quantitative estimate of drug-likeness (QED) is 0.598. The molecular formula is C20H23BrClNO3. The Bertz CT molecular complexity index is 734. The number of benzene rings is 2. The summed E-state index contributed by atoms with van der Waals surface area (Å²) >= 11 is 9.45. The van der Waals surface area contributed by atoms with Gasteiger partial charge < -0.3 is 14.8 Å². The van der Waals surface area contributed by atoms with E-state index in [2.05, 4.69) is 35.1 Å². The summed E-state index contributed by atoms with van der Waals surface area (Å²) in [5, 5.41) is 3.51. The van der Waals surface area contributed by atoms with E-state index < -0.39 is 0 Å². The van der Waals surface area contributed by atoms with Crippen molar-refractivity contribution in [3.05, 3.63) is 57.5 Å². The minimum Gasteiger partial charge on any atom is -0.497 e. The summed E-state index contributed by atoms with van der Waals surface area (Å²) in [4.78, 5) is 12.4. The summed E-state index contributed by atoms with van der Waals surface area (Å²) in [6.07, 6.45) is 0.830. The zero-order valence-electron chi connectivity index (χ0n) is 15.1. The smallest absolute Gasteiger partial charge is 0.258 e. The van der Waals surface area contributed by atoms with Crippen molar-refractivity contribution in [1.29, 1.82) is 0 Å². The van der Waals surface area contributed by atoms with Crippen LogP contribution in [0.2, 0.25) is 5.02 Å². The Morgan fingerprint density at radius 2 is 1.88 bits per heavy atom. The molecule has 26 heavy (non-hydrogen) atoms. The predicted molar refractivity (Wildman–Crippen MR) is 108 cm³/mol. The largest absolute Gasteiger partial charge is 0.497 e. The summed E-state index contributed by atoms with van der Waals surface area (Å²) in [5.74, 6) is 1.51. The fourth-order valence-electron chi connectivity index (χ4n) is 2.56. The Hall–Kier alpha value is -1.72. The minimum atomic E-state index is -0.189. The molecule has 0 unspecified atom stereocenters. The molecule has 0 heterocycles. The number of carbonyl (C=O) groups is 1. The number of methoxy groups -OCH3 is 1. The molecule has 0 radical (unpaired) electrons. The van der Waals surface area contributed by atoms with E-state index in [1.54, 1.807) is 19.2 Å². The van der Waals surface area contributed by atoms with Crippen molar-refractivity contribution in [2.45, 2.75) is 26.3 Å². The maximum Gasteiger partial charge on any atom is 0.258 e. The minimum absolute atomic E-state index is 0.0857. The van der Waals surface area contributed by atoms with E-state index in [0.29, 0.717) is 16.7 Å². The maximum absolute atomic E-state index is 12.4. The lowest BCUT2D eigenvalue weighted by molar-refractivity contribution is -0.124. The molecule has 2 aromatic rings. The van der Waals surface area contributed by atoms with Gasteiger partial charge in [-0.3, -0.25) is 4.79 Å². The van der Waals surface area contributed by atoms with E-state index in [1.807, 2.05) is 30.3 Å². The molecule has 0 aromatic heterocycles. The molecule has 1 amide bonds. The molecule has 0 aliphatic carbocycles. The molecule has 140 valence electrons. The van der Waals surface area contributed by atoms with Crippen molar-refractivity contribution < 1.29 is 14.3 Å². The van der Waals surface area contributed by atoms with Gasteiger partial charge in [0.05, 0.1) is 18.2 Å². The molecule has 0 fully saturated rings. The third-order valence-electron chi connectivity index (χ3n) is 3.81. The summed E-state index contributed by atoms with van der Waals surface area (Å²) in [7, 11) is 1.63. The second-order valence-corrected chi connectivity index (χ2v) is 7.71. The molecule has 6 heteroatoms. The number of amides is 1. The van der Waals surface area contributed by atoms with Crippen LogP contribution in [0.5, 0.6) is 11.5 Å². The maximum atomic E-state index is 12.4. The number of rotatable bonds is 8. The van der Waals surface area contributed by atoms with Crippen molar-refractivity contribution in [2.75, 3.05) is 13.7 Å². The van der Waals surface area contributed by atoms with E-state index in [0.717, 1.165) is 22.2 Å². The lowest BCUT2D eigenvalue weighted by Gasteiger charge is -2.21. The SMILES string of the molecule is COc1ccc([C@@H](CC(C)C)NC(=O)COc2ccc(Br)cc2Cl)cc1. The molecule has 0 spiro atoms. The van der Waals surface area contributed by atoms with Crippen LogP contribution in [0.25, 0.3) is 0 Å². The number of ether oxygens (including phenoxy) is 2. The average molecular weight is 441 g/mol. The van der Waals surface area contributed by atoms with Crippen LogP contribution in [0, 0.1) is 5.92 Å². The van der Waals surface area contributed by atoms with Crippen LogP contribution in [-0.4, -0.2) is 19.6 Å². The average Bonchev–Trinajstić information content (AvgIpc) is 2.60. The molecule has 0 aliphatic rings. The van der Waals surface area contributed by atoms with Gasteiger partial charge in [0.25, 0.3) is 5.91 Å². The van der Waals surface area contributed by atoms with Crippen LogP contribution in [-0.2, 0) is 4.79 Å². The van der Waals surface area contributed by atoms with Gasteiger partial charge in [0.1, 0.15) is 11.5 Å². The molecule has 0 aliphatic heterocycles. The molecular weight excluding hydrogens is 418 g/mol. The Morgan fingerprint density at radius 1 is 1.19 bits per heavy atom. The standard InChI is InChI=1S/C20H23BrClNO3/c1-13(2)10-18(14-4-7-16(25-3)8-5-14)23-20(24)12-26-19-9-6-15(21)11-17(19)22/h4-9,11,13,18H,10,12H2,1-3H3,(H,23,24)/t18-/m1/s1. The highest BCUT2D eigenvalue weighted by atomic mass is 79.9. The highest BCUT2D eigenvalue weighted by Crippen LogP contribution is 2.28. The third-order valence-corrected chi connectivity index (χ3v) is 4.60. The van der Waals surface area contributed by atoms with Gasteiger partial charge in [-0.1, -0.05) is 53.5 Å². The van der Waals surface area contributed by atoms with Gasteiger partial charge in [-0.25, -0.2) is 0 Å². The van der Waals surface area contributed by atoms with Crippen molar-refractivity contribution in [2.24, 2.45) is 5.92 Å². The second-order valence-electron chi connectivity index (χ2n) is 6.39. The van der Waals surface area contributed by atoms with Crippen molar-refractivity contribution in [3.63, 3.8) is 0 Å². The highest BCUT2D eigenvalue weighted by molar-refractivity contribution is 9.10. The van der Waals surface area contributed by atoms with Gasteiger partial charge in [-0.15, -0.1) is 0 Å². The van der Waals surface area contributed by atoms with E-state index >= 15 is 0 Å². The van der Waals surface area contributed by atoms with Crippen LogP contribution >= 0.6 is 27.5 Å². The molecule has 2 rings (SSSR count). The van der Waals surface area contributed by atoms with Crippen molar-refractivity contribution in [1.82, 2.24) is 5.32 Å². The number of halogens is 2. The number of hydrogen-bond donors (Lipinski definition) is 1. The summed E-state index contributed by atoms with van der Waals surface area (Å²) in [6, 6.07) is 12.9. The molecule has 0 bridgehead atoms. The number of hydrogen-bond acceptors (Lipinski definition) is 3. The summed E-state index contributed by atoms with van der Waals surface area (Å²) in [5.41, 5.74) is 1.04. The van der Waals surface area contributed by atoms with Crippen LogP contribution in [0.1, 0.15) is 31.9 Å². The summed E-state index contributed by atoms with van der Waals surface area (Å²) in [6.45, 7) is 4.16. The molecule has 4 nitrogen and oxygen atoms in total. The zero-order valence-corrected chi connectivity index (χ0v) is 17.4. The van der Waals surface area contributed by atoms with E-state index in [1.165, 1.54) is 0 Å². The Labute approximate surface area is 168 Å². The molecule has 1 N–H and O–H groups in total. The van der Waals surface area contributed by atoms with Crippen LogP contribution in [0.3, 0.4) is 0 Å². The van der Waals surface area contributed by atoms with Crippen LogP contribution < -0.4 is 14.8 Å². The van der Waals surface area contributed by atoms with Gasteiger partial charge in [-0.2, -0.15) is 0 Å². The van der Waals surface area contributed by atoms with Gasteiger partial charge in [0, 0.05) is 4.47 Å². The molecule has 0 saturated heterocycles. The lowest BCUT2D eigenvalue weighted by atomic mass is 9.97. The van der Waals surface area contributed by atoms with Gasteiger partial charge in [0.2, 0.25) is 0 Å². The van der Waals surface area contributed by atoms with Gasteiger partial charge in [-0.05, 0) is 48.2 Å². The van der Waals surface area contributed by atoms with E-state index in [-0.39, 0.29) is 18.6 Å². The Morgan fingerprint density at radius 3 is 2.46 bits per heavy atom. The number of nitrogens with one attached hydrogen (secondary N) is 1. The first-order chi connectivity index (χ1) is 12.4. The summed E-state index contributed by atoms with van der Waals surface area (Å²) < 4.78 is 11.6. The molecule has 0 saturated carbocycles. The van der Waals surface area contributed by atoms with Crippen molar-refractivity contribution >= 4 is 33.4 Å². The first-order valence-corrected chi connectivity index (χ1v) is 9.57. The monoisotopic (exact) mass is 439 g/mol. The normalized spacial score (nSPS) is 11.9. The highest BCUT2D eigenvalue weighted by Gasteiger charge is 2.17. The predicted octanol–water partition coefficient (Wildman–Crippen LogP) is 5.39. The topological polar surface area (TPSA) is 47.6 Å². The Kier molecular flexibility index (Phi) is 7.79. The van der Waals surface area contributed by atoms with Crippen molar-refractivity contribution in [3.8, 4) is 11.5 Å². The zero-order chi connectivity index (χ0) is 19.1. The molecule has 1 atom stereocenters. The molecule has 2 aromatic carbocycles.